The summed E-state index contributed by atoms with van der Waals surface area (Å²) in [6, 6.07) is 6.89. The quantitative estimate of drug-likeness (QED) is 0.616. The first-order valence-electron chi connectivity index (χ1n) is 7.39. The minimum atomic E-state index is -1.62. The molecule has 0 saturated heterocycles. The highest BCUT2D eigenvalue weighted by molar-refractivity contribution is 9.10. The smallest absolute Gasteiger partial charge is 0.316 e. The van der Waals surface area contributed by atoms with Crippen LogP contribution in [-0.2, 0) is 23.9 Å². The molecule has 1 aliphatic rings. The zero-order valence-corrected chi connectivity index (χ0v) is 15.2. The van der Waals surface area contributed by atoms with E-state index in [0.29, 0.717) is 5.56 Å². The zero-order valence-electron chi connectivity index (χ0n) is 13.6. The molecule has 1 fully saturated rings. The SMILES string of the molecule is COC(=O)[C@@H]1C(=O)C[C@@](C)(O)[C@@H](C(=O)OC)[C@@H]1c1ccc(Br)cc1. The van der Waals surface area contributed by atoms with E-state index in [9.17, 15) is 19.5 Å². The molecule has 0 aromatic heterocycles. The van der Waals surface area contributed by atoms with E-state index in [1.165, 1.54) is 21.1 Å². The largest absolute Gasteiger partial charge is 0.469 e. The summed E-state index contributed by atoms with van der Waals surface area (Å²) in [4.78, 5) is 37.0. The van der Waals surface area contributed by atoms with Crippen molar-refractivity contribution in [3.63, 3.8) is 0 Å². The number of benzene rings is 1. The molecule has 1 aromatic carbocycles. The Hall–Kier alpha value is -1.73. The Balaban J connectivity index is 2.63. The Morgan fingerprint density at radius 2 is 1.71 bits per heavy atom. The summed E-state index contributed by atoms with van der Waals surface area (Å²) in [7, 11) is 2.40. The highest BCUT2D eigenvalue weighted by atomic mass is 79.9. The molecule has 24 heavy (non-hydrogen) atoms. The number of carbonyl (C=O) groups is 3. The molecule has 0 aliphatic heterocycles. The number of carbonyl (C=O) groups excluding carboxylic acids is 3. The van der Waals surface area contributed by atoms with Crippen molar-refractivity contribution in [2.24, 2.45) is 11.8 Å². The van der Waals surface area contributed by atoms with E-state index in [4.69, 9.17) is 9.47 Å². The average Bonchev–Trinajstić information content (AvgIpc) is 2.53. The van der Waals surface area contributed by atoms with Crippen molar-refractivity contribution in [2.45, 2.75) is 24.9 Å². The fraction of sp³-hybridized carbons (Fsp3) is 0.471. The Bertz CT molecular complexity index is 652. The summed E-state index contributed by atoms with van der Waals surface area (Å²) in [6.07, 6.45) is -0.320. The number of hydrogen-bond donors (Lipinski definition) is 1. The van der Waals surface area contributed by atoms with Crippen molar-refractivity contribution in [2.75, 3.05) is 14.2 Å². The summed E-state index contributed by atoms with van der Waals surface area (Å²) in [5.74, 6) is -4.95. The van der Waals surface area contributed by atoms with Gasteiger partial charge >= 0.3 is 11.9 Å². The fourth-order valence-electron chi connectivity index (χ4n) is 3.35. The van der Waals surface area contributed by atoms with Crippen LogP contribution in [0.25, 0.3) is 0 Å². The van der Waals surface area contributed by atoms with E-state index >= 15 is 0 Å². The number of halogens is 1. The van der Waals surface area contributed by atoms with E-state index in [2.05, 4.69) is 15.9 Å². The third-order valence-electron chi connectivity index (χ3n) is 4.43. The molecule has 2 rings (SSSR count). The molecule has 0 heterocycles. The van der Waals surface area contributed by atoms with Crippen LogP contribution < -0.4 is 0 Å². The van der Waals surface area contributed by atoms with Gasteiger partial charge in [-0.25, -0.2) is 0 Å². The summed E-state index contributed by atoms with van der Waals surface area (Å²) in [5.41, 5.74) is -1.04. The molecular weight excluding hydrogens is 380 g/mol. The van der Waals surface area contributed by atoms with Crippen LogP contribution in [0.4, 0.5) is 0 Å². The van der Waals surface area contributed by atoms with Gasteiger partial charge in [-0.05, 0) is 24.6 Å². The molecule has 0 amide bonds. The maximum atomic E-state index is 12.5. The van der Waals surface area contributed by atoms with E-state index in [1.54, 1.807) is 24.3 Å². The minimum Gasteiger partial charge on any atom is -0.469 e. The zero-order chi connectivity index (χ0) is 18.1. The summed E-state index contributed by atoms with van der Waals surface area (Å²) < 4.78 is 10.4. The first-order chi connectivity index (χ1) is 11.2. The van der Waals surface area contributed by atoms with Gasteiger partial charge in [-0.1, -0.05) is 28.1 Å². The van der Waals surface area contributed by atoms with Crippen LogP contribution in [0.1, 0.15) is 24.8 Å². The normalized spacial score (nSPS) is 29.9. The number of methoxy groups -OCH3 is 2. The molecule has 6 nitrogen and oxygen atoms in total. The van der Waals surface area contributed by atoms with Crippen molar-refractivity contribution < 1.29 is 29.0 Å². The second-order valence-electron chi connectivity index (χ2n) is 6.08. The van der Waals surface area contributed by atoms with Crippen LogP contribution in [0.15, 0.2) is 28.7 Å². The standard InChI is InChI=1S/C17H19BrO6/c1-17(22)8-11(19)13(15(20)23-2)12(14(17)16(21)24-3)9-4-6-10(18)7-5-9/h4-7,12-14,22H,8H2,1-3H3/t12-,13-,14-,17-/m1/s1. The lowest BCUT2D eigenvalue weighted by Gasteiger charge is -2.43. The molecule has 1 aromatic rings. The number of ketones is 1. The van der Waals surface area contributed by atoms with Gasteiger partial charge in [0.25, 0.3) is 0 Å². The van der Waals surface area contributed by atoms with Crippen molar-refractivity contribution >= 4 is 33.7 Å². The van der Waals surface area contributed by atoms with Gasteiger partial charge in [-0.15, -0.1) is 0 Å². The van der Waals surface area contributed by atoms with Crippen molar-refractivity contribution in [1.29, 1.82) is 0 Å². The van der Waals surface area contributed by atoms with Gasteiger partial charge in [0.05, 0.1) is 25.7 Å². The number of ether oxygens (including phenoxy) is 2. The van der Waals surface area contributed by atoms with E-state index < -0.39 is 41.1 Å². The van der Waals surface area contributed by atoms with Crippen molar-refractivity contribution in [3.8, 4) is 0 Å². The maximum absolute atomic E-state index is 12.5. The van der Waals surface area contributed by atoms with Crippen LogP contribution in [0.2, 0.25) is 0 Å². The van der Waals surface area contributed by atoms with Gasteiger partial charge in [-0.3, -0.25) is 14.4 Å². The Kier molecular flexibility index (Phi) is 5.45. The summed E-state index contributed by atoms with van der Waals surface area (Å²) in [5, 5.41) is 10.7. The number of aliphatic hydroxyl groups is 1. The molecule has 130 valence electrons. The average molecular weight is 399 g/mol. The number of esters is 2. The van der Waals surface area contributed by atoms with E-state index in [1.807, 2.05) is 0 Å². The minimum absolute atomic E-state index is 0.320. The second kappa shape index (κ2) is 7.03. The van der Waals surface area contributed by atoms with E-state index in [0.717, 1.165) is 4.47 Å². The van der Waals surface area contributed by atoms with Gasteiger partial charge in [0.2, 0.25) is 0 Å². The molecule has 1 aliphatic carbocycles. The molecular formula is C17H19BrO6. The maximum Gasteiger partial charge on any atom is 0.316 e. The molecule has 0 radical (unpaired) electrons. The van der Waals surface area contributed by atoms with Gasteiger partial charge in [0.1, 0.15) is 5.92 Å². The van der Waals surface area contributed by atoms with Crippen LogP contribution in [0.5, 0.6) is 0 Å². The van der Waals surface area contributed by atoms with Crippen molar-refractivity contribution in [1.82, 2.24) is 0 Å². The Morgan fingerprint density at radius 3 is 2.21 bits per heavy atom. The molecule has 7 heteroatoms. The molecule has 0 unspecified atom stereocenters. The lowest BCUT2D eigenvalue weighted by molar-refractivity contribution is -0.170. The molecule has 4 atom stereocenters. The highest BCUT2D eigenvalue weighted by Crippen LogP contribution is 2.46. The fourth-order valence-corrected chi connectivity index (χ4v) is 3.62. The lowest BCUT2D eigenvalue weighted by Crippen LogP contribution is -2.55. The lowest BCUT2D eigenvalue weighted by atomic mass is 9.62. The van der Waals surface area contributed by atoms with E-state index in [-0.39, 0.29) is 6.42 Å². The number of rotatable bonds is 3. The third-order valence-corrected chi connectivity index (χ3v) is 4.96. The molecule has 1 N–H and O–H groups in total. The highest BCUT2D eigenvalue weighted by Gasteiger charge is 2.56. The molecule has 0 spiro atoms. The van der Waals surface area contributed by atoms with Crippen molar-refractivity contribution in [3.05, 3.63) is 34.3 Å². The molecule has 0 bridgehead atoms. The molecule has 1 saturated carbocycles. The Morgan fingerprint density at radius 1 is 1.17 bits per heavy atom. The topological polar surface area (TPSA) is 89.9 Å². The van der Waals surface area contributed by atoms with Crippen LogP contribution in [0.3, 0.4) is 0 Å². The Labute approximate surface area is 148 Å². The summed E-state index contributed by atoms with van der Waals surface area (Å²) >= 11 is 3.32. The predicted molar refractivity (Wildman–Crippen MR) is 88.1 cm³/mol. The van der Waals surface area contributed by atoms with Crippen LogP contribution in [0, 0.1) is 11.8 Å². The number of hydrogen-bond acceptors (Lipinski definition) is 6. The van der Waals surface area contributed by atoms with Gasteiger partial charge in [-0.2, -0.15) is 0 Å². The van der Waals surface area contributed by atoms with Gasteiger partial charge in [0, 0.05) is 16.8 Å². The van der Waals surface area contributed by atoms with Gasteiger partial charge in [0.15, 0.2) is 5.78 Å². The second-order valence-corrected chi connectivity index (χ2v) is 6.99. The summed E-state index contributed by atoms with van der Waals surface area (Å²) in [6.45, 7) is 1.41. The van der Waals surface area contributed by atoms with Gasteiger partial charge < -0.3 is 14.6 Å². The van der Waals surface area contributed by atoms with Crippen LogP contribution in [-0.4, -0.2) is 42.6 Å². The first kappa shape index (κ1) is 18.6. The number of Topliss-reactive ketones (excluding diaryl/α,β-unsaturated/α-hetero) is 1. The monoisotopic (exact) mass is 398 g/mol. The first-order valence-corrected chi connectivity index (χ1v) is 8.18. The predicted octanol–water partition coefficient (Wildman–Crippen LogP) is 1.83. The third kappa shape index (κ3) is 3.37. The van der Waals surface area contributed by atoms with Crippen LogP contribution >= 0.6 is 15.9 Å².